The highest BCUT2D eigenvalue weighted by Gasteiger charge is 1.92. The molecule has 1 unspecified atom stereocenters. The average molecular weight is 161 g/mol. The summed E-state index contributed by atoms with van der Waals surface area (Å²) < 4.78 is 5.01. The lowest BCUT2D eigenvalue weighted by Gasteiger charge is -2.10. The highest BCUT2D eigenvalue weighted by molar-refractivity contribution is 4.49. The highest BCUT2D eigenvalue weighted by Crippen LogP contribution is 1.81. The maximum Gasteiger partial charge on any atom is 0.0591 e. The minimum atomic E-state index is -0.116. The van der Waals surface area contributed by atoms with Crippen LogP contribution in [0.4, 0.5) is 0 Å². The lowest BCUT2D eigenvalue weighted by atomic mass is 10.3. The third-order valence-corrected chi connectivity index (χ3v) is 1.44. The summed E-state index contributed by atoms with van der Waals surface area (Å²) in [6, 6.07) is 0. The minimum absolute atomic E-state index is 0.116. The van der Waals surface area contributed by atoms with Gasteiger partial charge in [0.1, 0.15) is 0 Å². The van der Waals surface area contributed by atoms with Crippen molar-refractivity contribution in [3.05, 3.63) is 0 Å². The van der Waals surface area contributed by atoms with Gasteiger partial charge in [-0.15, -0.1) is 0 Å². The van der Waals surface area contributed by atoms with E-state index in [0.717, 1.165) is 32.7 Å². The quantitative estimate of drug-likeness (QED) is 0.584. The Hall–Kier alpha value is -0.120. The van der Waals surface area contributed by atoms with Crippen LogP contribution < -0.4 is 5.32 Å². The van der Waals surface area contributed by atoms with E-state index in [-0.39, 0.29) is 6.10 Å². The smallest absolute Gasteiger partial charge is 0.0591 e. The van der Waals surface area contributed by atoms with Gasteiger partial charge >= 0.3 is 0 Å². The summed E-state index contributed by atoms with van der Waals surface area (Å²) in [4.78, 5) is 0. The van der Waals surface area contributed by atoms with Gasteiger partial charge in [0.2, 0.25) is 0 Å². The predicted octanol–water partition coefficient (Wildman–Crippen LogP) is 0.383. The Kier molecular flexibility index (Phi) is 7.89. The second-order valence-corrected chi connectivity index (χ2v) is 2.62. The molecule has 0 aliphatic carbocycles. The van der Waals surface area contributed by atoms with Crippen molar-refractivity contribution < 1.29 is 9.84 Å². The molecule has 3 nitrogen and oxygen atoms in total. The topological polar surface area (TPSA) is 41.5 Å². The number of nitrogens with one attached hydrogen (secondary N) is 1. The van der Waals surface area contributed by atoms with Gasteiger partial charge in [0.05, 0.1) is 19.3 Å². The molecule has 3 heteroatoms. The van der Waals surface area contributed by atoms with Gasteiger partial charge in [-0.25, -0.2) is 0 Å². The van der Waals surface area contributed by atoms with Crippen LogP contribution in [0.1, 0.15) is 20.3 Å². The zero-order valence-electron chi connectivity index (χ0n) is 7.47. The van der Waals surface area contributed by atoms with E-state index >= 15 is 0 Å². The van der Waals surface area contributed by atoms with E-state index in [9.17, 15) is 0 Å². The molecule has 2 N–H and O–H groups in total. The summed E-state index contributed by atoms with van der Waals surface area (Å²) in [5.41, 5.74) is 0. The molecule has 0 amide bonds. The third-order valence-electron chi connectivity index (χ3n) is 1.44. The summed E-state index contributed by atoms with van der Waals surface area (Å²) in [5.74, 6) is 0. The maximum atomic E-state index is 8.36. The molecule has 0 aromatic heterocycles. The van der Waals surface area contributed by atoms with Crippen molar-refractivity contribution in [2.24, 2.45) is 0 Å². The van der Waals surface area contributed by atoms with Crippen LogP contribution in [0.3, 0.4) is 0 Å². The zero-order valence-corrected chi connectivity index (χ0v) is 7.47. The second kappa shape index (κ2) is 7.98. The Morgan fingerprint density at radius 1 is 1.45 bits per heavy atom. The first-order valence-corrected chi connectivity index (χ1v) is 4.24. The molecular weight excluding hydrogens is 142 g/mol. The van der Waals surface area contributed by atoms with E-state index in [2.05, 4.69) is 5.32 Å². The number of hydrogen-bond acceptors (Lipinski definition) is 3. The third kappa shape index (κ3) is 9.88. The fraction of sp³-hybridized carbons (Fsp3) is 1.00. The van der Waals surface area contributed by atoms with Crippen LogP contribution in [-0.4, -0.2) is 37.5 Å². The van der Waals surface area contributed by atoms with Gasteiger partial charge in [0, 0.05) is 13.1 Å². The summed E-state index contributed by atoms with van der Waals surface area (Å²) in [6.07, 6.45) is 0.745. The van der Waals surface area contributed by atoms with E-state index in [1.54, 1.807) is 6.92 Å². The molecule has 1 rings (SSSR count). The van der Waals surface area contributed by atoms with Crippen LogP contribution in [0, 0.1) is 0 Å². The molecule has 1 saturated heterocycles. The molecule has 0 aromatic rings. The fourth-order valence-corrected chi connectivity index (χ4v) is 0.516. The number of hydrogen-bond donors (Lipinski definition) is 2. The number of aliphatic hydroxyl groups excluding tert-OH is 1. The van der Waals surface area contributed by atoms with Crippen LogP contribution in [0.25, 0.3) is 0 Å². The monoisotopic (exact) mass is 161 g/mol. The minimum Gasteiger partial charge on any atom is -0.393 e. The Bertz CT molecular complexity index is 61.0. The van der Waals surface area contributed by atoms with Gasteiger partial charge < -0.3 is 15.2 Å². The fourth-order valence-electron chi connectivity index (χ4n) is 0.516. The highest BCUT2D eigenvalue weighted by atomic mass is 16.5. The van der Waals surface area contributed by atoms with Crippen molar-refractivity contribution in [1.29, 1.82) is 0 Å². The van der Waals surface area contributed by atoms with Crippen molar-refractivity contribution in [3.63, 3.8) is 0 Å². The van der Waals surface area contributed by atoms with Gasteiger partial charge in [-0.3, -0.25) is 0 Å². The van der Waals surface area contributed by atoms with Crippen molar-refractivity contribution in [3.8, 4) is 0 Å². The van der Waals surface area contributed by atoms with E-state index < -0.39 is 0 Å². The summed E-state index contributed by atoms with van der Waals surface area (Å²) in [7, 11) is 0. The standard InChI is InChI=1S/C4H9NO.C4H10O/c1-3-6-4-2-5-1;1-3-4(2)5/h5H,1-4H2;4-5H,3H2,1-2H3. The first-order chi connectivity index (χ1) is 5.27. The molecule has 0 bridgehead atoms. The van der Waals surface area contributed by atoms with Crippen LogP contribution in [-0.2, 0) is 4.74 Å². The second-order valence-electron chi connectivity index (χ2n) is 2.62. The molecule has 11 heavy (non-hydrogen) atoms. The SMILES string of the molecule is C1COCCN1.CCC(C)O. The Morgan fingerprint density at radius 3 is 2.00 bits per heavy atom. The van der Waals surface area contributed by atoms with Crippen LogP contribution in [0.2, 0.25) is 0 Å². The summed E-state index contributed by atoms with van der Waals surface area (Å²) in [5, 5.41) is 11.5. The molecule has 0 aromatic carbocycles. The molecule has 68 valence electrons. The molecule has 1 heterocycles. The number of aliphatic hydroxyl groups is 1. The molecule has 1 fully saturated rings. The van der Waals surface area contributed by atoms with E-state index in [1.807, 2.05) is 6.92 Å². The molecule has 1 aliphatic heterocycles. The molecular formula is C8H19NO2. The van der Waals surface area contributed by atoms with Crippen molar-refractivity contribution >= 4 is 0 Å². The predicted molar refractivity (Wildman–Crippen MR) is 45.7 cm³/mol. The first kappa shape index (κ1) is 10.9. The Morgan fingerprint density at radius 2 is 1.91 bits per heavy atom. The van der Waals surface area contributed by atoms with Crippen molar-refractivity contribution in [1.82, 2.24) is 5.32 Å². The van der Waals surface area contributed by atoms with Crippen molar-refractivity contribution in [2.75, 3.05) is 26.3 Å². The largest absolute Gasteiger partial charge is 0.393 e. The van der Waals surface area contributed by atoms with E-state index in [0.29, 0.717) is 0 Å². The van der Waals surface area contributed by atoms with E-state index in [1.165, 1.54) is 0 Å². The van der Waals surface area contributed by atoms with Crippen LogP contribution in [0.15, 0.2) is 0 Å². The van der Waals surface area contributed by atoms with Gasteiger partial charge in [0.15, 0.2) is 0 Å². The lowest BCUT2D eigenvalue weighted by molar-refractivity contribution is 0.109. The Balaban J connectivity index is 0.000000187. The zero-order chi connectivity index (χ0) is 8.53. The number of morpholine rings is 1. The first-order valence-electron chi connectivity index (χ1n) is 4.24. The molecule has 1 atom stereocenters. The van der Waals surface area contributed by atoms with Crippen molar-refractivity contribution in [2.45, 2.75) is 26.4 Å². The molecule has 0 radical (unpaired) electrons. The summed E-state index contributed by atoms with van der Waals surface area (Å²) >= 11 is 0. The van der Waals surface area contributed by atoms with Gasteiger partial charge in [0.25, 0.3) is 0 Å². The van der Waals surface area contributed by atoms with Crippen LogP contribution in [0.5, 0.6) is 0 Å². The number of rotatable bonds is 1. The molecule has 1 aliphatic rings. The maximum absolute atomic E-state index is 8.36. The number of ether oxygens (including phenoxy) is 1. The van der Waals surface area contributed by atoms with E-state index in [4.69, 9.17) is 9.84 Å². The lowest BCUT2D eigenvalue weighted by Crippen LogP contribution is -2.30. The normalized spacial score (nSPS) is 19.9. The van der Waals surface area contributed by atoms with Crippen LogP contribution >= 0.6 is 0 Å². The molecule has 0 saturated carbocycles. The summed E-state index contributed by atoms with van der Waals surface area (Å²) in [6.45, 7) is 7.56. The molecule has 0 spiro atoms. The average Bonchev–Trinajstić information content (AvgIpc) is 2.09. The Labute approximate surface area is 68.8 Å². The van der Waals surface area contributed by atoms with Gasteiger partial charge in [-0.05, 0) is 13.3 Å². The van der Waals surface area contributed by atoms with Gasteiger partial charge in [-0.1, -0.05) is 6.92 Å². The van der Waals surface area contributed by atoms with Gasteiger partial charge in [-0.2, -0.15) is 0 Å².